The average Bonchev–Trinajstić information content (AvgIpc) is 3.71. The quantitative estimate of drug-likeness (QED) is 0.0222. The molecular formula is C70H136O17P2. The van der Waals surface area contributed by atoms with Crippen molar-refractivity contribution in [2.75, 3.05) is 39.6 Å². The molecule has 2 unspecified atom stereocenters. The van der Waals surface area contributed by atoms with Gasteiger partial charge in [0.05, 0.1) is 26.4 Å². The van der Waals surface area contributed by atoms with Crippen LogP contribution in [0.3, 0.4) is 0 Å². The third kappa shape index (κ3) is 64.6. The number of hydrogen-bond acceptors (Lipinski definition) is 15. The van der Waals surface area contributed by atoms with Gasteiger partial charge in [0, 0.05) is 25.7 Å². The maximum atomic E-state index is 13.0. The Hall–Kier alpha value is -1.94. The lowest BCUT2D eigenvalue weighted by Gasteiger charge is -2.21. The number of hydrogen-bond donors (Lipinski definition) is 3. The van der Waals surface area contributed by atoms with Crippen LogP contribution >= 0.6 is 15.6 Å². The van der Waals surface area contributed by atoms with E-state index in [4.69, 9.17) is 37.0 Å². The molecule has 3 N–H and O–H groups in total. The number of ether oxygens (including phenoxy) is 4. The molecule has 528 valence electrons. The van der Waals surface area contributed by atoms with Crippen LogP contribution < -0.4 is 0 Å². The summed E-state index contributed by atoms with van der Waals surface area (Å²) in [5.41, 5.74) is 0. The van der Waals surface area contributed by atoms with Crippen molar-refractivity contribution in [3.63, 3.8) is 0 Å². The Morgan fingerprint density at radius 1 is 0.303 bits per heavy atom. The summed E-state index contributed by atoms with van der Waals surface area (Å²) in [6, 6.07) is 0. The minimum atomic E-state index is -4.95. The Morgan fingerprint density at radius 2 is 0.517 bits per heavy atom. The van der Waals surface area contributed by atoms with Crippen molar-refractivity contribution in [3.05, 3.63) is 0 Å². The van der Waals surface area contributed by atoms with Crippen LogP contribution in [0.5, 0.6) is 0 Å². The Bertz CT molecular complexity index is 1730. The van der Waals surface area contributed by atoms with Crippen molar-refractivity contribution >= 4 is 39.5 Å². The van der Waals surface area contributed by atoms with E-state index in [9.17, 15) is 43.2 Å². The summed E-state index contributed by atoms with van der Waals surface area (Å²) in [6.07, 6.45) is 47.6. The third-order valence-corrected chi connectivity index (χ3v) is 18.1. The number of esters is 4. The van der Waals surface area contributed by atoms with Gasteiger partial charge in [0.15, 0.2) is 12.2 Å². The first-order valence-corrected chi connectivity index (χ1v) is 39.5. The van der Waals surface area contributed by atoms with Gasteiger partial charge in [-0.25, -0.2) is 9.13 Å². The molecule has 0 aromatic heterocycles. The molecule has 19 heteroatoms. The second-order valence-corrected chi connectivity index (χ2v) is 29.1. The van der Waals surface area contributed by atoms with Gasteiger partial charge >= 0.3 is 39.5 Å². The van der Waals surface area contributed by atoms with Crippen LogP contribution in [-0.4, -0.2) is 96.7 Å². The van der Waals surface area contributed by atoms with E-state index in [-0.39, 0.29) is 25.7 Å². The van der Waals surface area contributed by atoms with Gasteiger partial charge in [-0.05, 0) is 37.5 Å². The average molecular weight is 1310 g/mol. The number of aliphatic hydroxyl groups is 1. The molecule has 0 fully saturated rings. The van der Waals surface area contributed by atoms with Gasteiger partial charge in [0.1, 0.15) is 19.3 Å². The monoisotopic (exact) mass is 1310 g/mol. The zero-order chi connectivity index (χ0) is 65.7. The molecule has 0 aliphatic rings. The summed E-state index contributed by atoms with van der Waals surface area (Å²) in [6.45, 7) is 9.45. The number of phosphoric acid groups is 2. The Morgan fingerprint density at radius 3 is 0.764 bits per heavy atom. The molecule has 0 saturated heterocycles. The number of rotatable bonds is 69. The van der Waals surface area contributed by atoms with E-state index in [0.29, 0.717) is 25.7 Å². The van der Waals surface area contributed by atoms with Gasteiger partial charge < -0.3 is 33.8 Å². The lowest BCUT2D eigenvalue weighted by Crippen LogP contribution is -2.30. The van der Waals surface area contributed by atoms with Crippen molar-refractivity contribution in [1.82, 2.24) is 0 Å². The summed E-state index contributed by atoms with van der Waals surface area (Å²) in [5.74, 6) is -0.608. The summed E-state index contributed by atoms with van der Waals surface area (Å²) in [4.78, 5) is 72.2. The molecule has 0 aromatic carbocycles. The molecule has 0 aliphatic carbocycles. The predicted octanol–water partition coefficient (Wildman–Crippen LogP) is 20.0. The van der Waals surface area contributed by atoms with E-state index >= 15 is 0 Å². The van der Waals surface area contributed by atoms with Crippen LogP contribution in [0.1, 0.15) is 356 Å². The van der Waals surface area contributed by atoms with E-state index < -0.39 is 97.5 Å². The molecule has 0 spiro atoms. The molecule has 0 rings (SSSR count). The van der Waals surface area contributed by atoms with Crippen LogP contribution in [0.25, 0.3) is 0 Å². The first-order valence-electron chi connectivity index (χ1n) is 36.5. The van der Waals surface area contributed by atoms with E-state index in [1.165, 1.54) is 167 Å². The van der Waals surface area contributed by atoms with E-state index in [0.717, 1.165) is 108 Å². The van der Waals surface area contributed by atoms with Gasteiger partial charge in [-0.2, -0.15) is 0 Å². The smallest absolute Gasteiger partial charge is 0.462 e. The summed E-state index contributed by atoms with van der Waals surface area (Å²) >= 11 is 0. The first-order chi connectivity index (χ1) is 42.9. The molecular weight excluding hydrogens is 1170 g/mol. The van der Waals surface area contributed by atoms with Crippen LogP contribution in [-0.2, 0) is 65.4 Å². The number of carbonyl (C=O) groups is 4. The molecule has 89 heavy (non-hydrogen) atoms. The molecule has 0 radical (unpaired) electrons. The maximum absolute atomic E-state index is 13.0. The molecule has 5 atom stereocenters. The van der Waals surface area contributed by atoms with Crippen molar-refractivity contribution in [2.45, 2.75) is 374 Å². The third-order valence-electron chi connectivity index (χ3n) is 16.2. The van der Waals surface area contributed by atoms with Crippen LogP contribution in [0.15, 0.2) is 0 Å². The summed E-state index contributed by atoms with van der Waals surface area (Å²) < 4.78 is 68.1. The maximum Gasteiger partial charge on any atom is 0.472 e. The molecule has 0 heterocycles. The Kier molecular flexibility index (Phi) is 60.8. The largest absolute Gasteiger partial charge is 0.472 e. The fourth-order valence-electron chi connectivity index (χ4n) is 10.6. The fraction of sp³-hybridized carbons (Fsp3) is 0.943. The minimum Gasteiger partial charge on any atom is -0.462 e. The van der Waals surface area contributed by atoms with Crippen molar-refractivity contribution in [3.8, 4) is 0 Å². The van der Waals surface area contributed by atoms with E-state index in [2.05, 4.69) is 41.5 Å². The van der Waals surface area contributed by atoms with Gasteiger partial charge in [-0.1, -0.05) is 305 Å². The molecule has 0 amide bonds. The van der Waals surface area contributed by atoms with Crippen LogP contribution in [0, 0.1) is 11.8 Å². The topological polar surface area (TPSA) is 237 Å². The van der Waals surface area contributed by atoms with E-state index in [1.807, 2.05) is 0 Å². The highest BCUT2D eigenvalue weighted by Gasteiger charge is 2.30. The highest BCUT2D eigenvalue weighted by atomic mass is 31.2. The standard InChI is InChI=1S/C70H136O17P2/c1-7-9-11-13-14-15-16-17-23-26-29-35-41-47-53-68(73)81-59-66(87-69(74)54-48-42-36-30-27-24-21-19-18-20-22-25-28-33-39-44-50-62(3)4)61-85-89(78,79)83-57-64(71)56-82-88(76,77)84-60-65(58-80-67(72)52-46-38-12-10-8-2)86-70(75)55-49-43-37-32-31-34-40-45-51-63(5)6/h62-66,71H,7-61H2,1-6H3,(H,76,77)(H,78,79)/t64-,65+,66+/m0/s1. The van der Waals surface area contributed by atoms with Gasteiger partial charge in [-0.3, -0.25) is 37.3 Å². The van der Waals surface area contributed by atoms with Crippen molar-refractivity contribution in [2.24, 2.45) is 11.8 Å². The highest BCUT2D eigenvalue weighted by Crippen LogP contribution is 2.45. The number of carbonyl (C=O) groups excluding carboxylic acids is 4. The van der Waals surface area contributed by atoms with E-state index in [1.54, 1.807) is 0 Å². The summed E-state index contributed by atoms with van der Waals surface area (Å²) in [5, 5.41) is 10.6. The van der Waals surface area contributed by atoms with Gasteiger partial charge in [0.25, 0.3) is 0 Å². The summed E-state index contributed by atoms with van der Waals surface area (Å²) in [7, 11) is -9.89. The number of phosphoric ester groups is 2. The number of aliphatic hydroxyl groups excluding tert-OH is 1. The lowest BCUT2D eigenvalue weighted by molar-refractivity contribution is -0.161. The second kappa shape index (κ2) is 62.2. The fourth-order valence-corrected chi connectivity index (χ4v) is 12.2. The highest BCUT2D eigenvalue weighted by molar-refractivity contribution is 7.47. The second-order valence-electron chi connectivity index (χ2n) is 26.2. The predicted molar refractivity (Wildman–Crippen MR) is 358 cm³/mol. The number of unbranched alkanes of at least 4 members (excludes halogenated alkanes) is 39. The molecule has 0 bridgehead atoms. The lowest BCUT2D eigenvalue weighted by atomic mass is 10.0. The molecule has 0 aliphatic heterocycles. The minimum absolute atomic E-state index is 0.104. The van der Waals surface area contributed by atoms with Crippen molar-refractivity contribution < 1.29 is 80.2 Å². The van der Waals surface area contributed by atoms with Gasteiger partial charge in [-0.15, -0.1) is 0 Å². The van der Waals surface area contributed by atoms with Crippen LogP contribution in [0.2, 0.25) is 0 Å². The Balaban J connectivity index is 5.14. The first kappa shape index (κ1) is 87.1. The SMILES string of the molecule is CCCCCCCCCCCCCCCCC(=O)OC[C@H](COP(=O)(O)OC[C@@H](O)COP(=O)(O)OC[C@@H](COC(=O)CCCCCCC)OC(=O)CCCCCCCCCCC(C)C)OC(=O)CCCCCCCCCCCCCCCCCCC(C)C. The molecule has 17 nitrogen and oxygen atoms in total. The zero-order valence-corrected chi connectivity index (χ0v) is 59.5. The zero-order valence-electron chi connectivity index (χ0n) is 57.7. The Labute approximate surface area is 543 Å². The van der Waals surface area contributed by atoms with Gasteiger partial charge in [0.2, 0.25) is 0 Å². The molecule has 0 saturated carbocycles. The normalized spacial score (nSPS) is 14.1. The van der Waals surface area contributed by atoms with Crippen LogP contribution in [0.4, 0.5) is 0 Å². The molecule has 0 aromatic rings. The van der Waals surface area contributed by atoms with Crippen molar-refractivity contribution in [1.29, 1.82) is 0 Å².